The average Bonchev–Trinajstić information content (AvgIpc) is 3.20. The molecule has 7 heterocycles. The van der Waals surface area contributed by atoms with Crippen LogP contribution in [0.2, 0.25) is 0 Å². The van der Waals surface area contributed by atoms with E-state index in [-0.39, 0.29) is 27.9 Å². The molecule has 7 aliphatic rings. The highest BCUT2D eigenvalue weighted by Crippen LogP contribution is 2.42. The van der Waals surface area contributed by atoms with Crippen molar-refractivity contribution in [3.63, 3.8) is 0 Å². The van der Waals surface area contributed by atoms with Crippen LogP contribution in [-0.2, 0) is 0 Å². The Bertz CT molecular complexity index is 2290. The van der Waals surface area contributed by atoms with E-state index < -0.39 is 8.07 Å². The van der Waals surface area contributed by atoms with E-state index in [9.17, 15) is 0 Å². The largest absolute Gasteiger partial charge is 0.423 e. The van der Waals surface area contributed by atoms with E-state index in [1.807, 2.05) is 23.5 Å². The van der Waals surface area contributed by atoms with Gasteiger partial charge in [-0.25, -0.2) is 0 Å². The highest BCUT2D eigenvalue weighted by Gasteiger charge is 2.53. The van der Waals surface area contributed by atoms with Crippen LogP contribution in [0.5, 0.6) is 0 Å². The summed E-state index contributed by atoms with van der Waals surface area (Å²) in [4.78, 5) is 5.55. The van der Waals surface area contributed by atoms with Gasteiger partial charge in [0.05, 0.1) is 0 Å². The van der Waals surface area contributed by atoms with Crippen LogP contribution in [0.15, 0.2) is 202 Å². The molecule has 11 rings (SSSR count). The van der Waals surface area contributed by atoms with E-state index in [4.69, 9.17) is 0 Å². The van der Waals surface area contributed by atoms with E-state index in [1.54, 1.807) is 0 Å². The van der Waals surface area contributed by atoms with Gasteiger partial charge < -0.3 is 18.9 Å². The number of nitrogens with zero attached hydrogens (tertiary/aromatic N) is 4. The second-order valence-corrected chi connectivity index (χ2v) is 19.5. The predicted molar refractivity (Wildman–Crippen MR) is 221 cm³/mol. The lowest BCUT2D eigenvalue weighted by Gasteiger charge is -2.53. The van der Waals surface area contributed by atoms with Gasteiger partial charge in [0.2, 0.25) is 0 Å². The van der Waals surface area contributed by atoms with Gasteiger partial charge in [-0.2, -0.15) is 0 Å². The lowest BCUT2D eigenvalue weighted by molar-refractivity contribution is 0.622. The Kier molecular flexibility index (Phi) is 6.79. The van der Waals surface area contributed by atoms with Crippen LogP contribution in [0.25, 0.3) is 5.57 Å². The lowest BCUT2D eigenvalue weighted by atomic mass is 9.41. The SMILES string of the molecule is C1=CB2N(C=C1)B1C=CC=CN1B1C=C(c3cccc4c3Sc3ccccc3[Si]43c4ccccc4Sc4ccccc43)C=CN1B1C=CC=CN21. The maximum absolute atomic E-state index is 2.65. The average molecular weight is 702 g/mol. The second-order valence-electron chi connectivity index (χ2n) is 13.7. The van der Waals surface area contributed by atoms with Crippen molar-refractivity contribution < 1.29 is 0 Å². The summed E-state index contributed by atoms with van der Waals surface area (Å²) in [5, 5.41) is 6.00. The highest BCUT2D eigenvalue weighted by atomic mass is 32.2. The summed E-state index contributed by atoms with van der Waals surface area (Å²) in [6, 6.07) is 34.8. The molecule has 0 bridgehead atoms. The molecule has 0 amide bonds. The first-order chi connectivity index (χ1) is 25.3. The summed E-state index contributed by atoms with van der Waals surface area (Å²) >= 11 is 3.89. The van der Waals surface area contributed by atoms with Crippen molar-refractivity contribution in [2.24, 2.45) is 0 Å². The van der Waals surface area contributed by atoms with Crippen LogP contribution in [-0.4, -0.2) is 54.9 Å². The number of rotatable bonds is 1. The van der Waals surface area contributed by atoms with Crippen LogP contribution >= 0.6 is 23.5 Å². The molecule has 0 radical (unpaired) electrons. The van der Waals surface area contributed by atoms with Gasteiger partial charge in [0.15, 0.2) is 8.07 Å². The minimum Gasteiger partial charge on any atom is -0.423 e. The summed E-state index contributed by atoms with van der Waals surface area (Å²) in [6.45, 7) is 0.220. The van der Waals surface area contributed by atoms with Gasteiger partial charge in [-0.15, -0.1) is 0 Å². The molecule has 1 spiro atoms. The van der Waals surface area contributed by atoms with Crippen LogP contribution in [0.1, 0.15) is 5.56 Å². The van der Waals surface area contributed by atoms with Crippen molar-refractivity contribution in [2.75, 3.05) is 0 Å². The quantitative estimate of drug-likeness (QED) is 0.209. The Balaban J connectivity index is 1.12. The minimum atomic E-state index is -2.65. The van der Waals surface area contributed by atoms with Crippen molar-refractivity contribution in [3.8, 4) is 0 Å². The minimum absolute atomic E-state index is 0.00410. The number of fused-ring (bicyclic) bond motifs is 16. The zero-order valence-corrected chi connectivity index (χ0v) is 30.4. The topological polar surface area (TPSA) is 13.0 Å². The third-order valence-electron chi connectivity index (χ3n) is 11.2. The monoisotopic (exact) mass is 702 g/mol. The number of hydrogen-bond donors (Lipinski definition) is 0. The molecule has 0 aliphatic carbocycles. The summed E-state index contributed by atoms with van der Waals surface area (Å²) in [6.07, 6.45) is 24.5. The summed E-state index contributed by atoms with van der Waals surface area (Å²) < 4.78 is 9.98. The van der Waals surface area contributed by atoms with Crippen LogP contribution in [0, 0.1) is 0 Å². The molecule has 0 aromatic heterocycles. The van der Waals surface area contributed by atoms with Gasteiger partial charge >= 0.3 is 27.9 Å². The second kappa shape index (κ2) is 11.6. The van der Waals surface area contributed by atoms with E-state index in [1.165, 1.54) is 51.5 Å². The Hall–Kier alpha value is -4.82. The van der Waals surface area contributed by atoms with Crippen molar-refractivity contribution in [3.05, 3.63) is 188 Å². The normalized spacial score (nSPS) is 19.4. The summed E-state index contributed by atoms with van der Waals surface area (Å²) in [7, 11) is -2.65. The molecule has 4 aromatic carbocycles. The van der Waals surface area contributed by atoms with Crippen LogP contribution in [0.3, 0.4) is 0 Å². The first-order valence-corrected chi connectivity index (χ1v) is 21.3. The number of allylic oxidation sites excluding steroid dienone is 8. The van der Waals surface area contributed by atoms with Gasteiger partial charge in [0.25, 0.3) is 0 Å². The zero-order valence-electron chi connectivity index (χ0n) is 27.7. The van der Waals surface area contributed by atoms with Gasteiger partial charge in [-0.05, 0) is 99.2 Å². The zero-order chi connectivity index (χ0) is 33.5. The molecule has 51 heavy (non-hydrogen) atoms. The maximum Gasteiger partial charge on any atom is 0.381 e. The van der Waals surface area contributed by atoms with Gasteiger partial charge in [-0.3, -0.25) is 0 Å². The van der Waals surface area contributed by atoms with Gasteiger partial charge in [0, 0.05) is 19.6 Å². The van der Waals surface area contributed by atoms with Crippen molar-refractivity contribution in [2.45, 2.75) is 19.6 Å². The fraction of sp³-hybridized carbons (Fsp3) is 0. The lowest BCUT2D eigenvalue weighted by Crippen LogP contribution is -2.78. The summed E-state index contributed by atoms with van der Waals surface area (Å²) in [5.74, 6) is 9.47. The van der Waals surface area contributed by atoms with Gasteiger partial charge in [-0.1, -0.05) is 138 Å². The first-order valence-electron chi connectivity index (χ1n) is 17.6. The molecule has 4 aromatic rings. The fourth-order valence-electron chi connectivity index (χ4n) is 9.08. The van der Waals surface area contributed by atoms with E-state index >= 15 is 0 Å². The van der Waals surface area contributed by atoms with E-state index in [0.717, 1.165) is 0 Å². The standard InChI is InChI=1S/C40H30B4N4S2Si/c1-4-18-36-33(15-1)49-34-16-2-5-19-37(34)51(36)38-20-6-3-17-35(38)50-40-32(14-13-21-39(40)51)31-22-29-48-43-25-8-11-27-46(43)41-23-7-10-26-45(41)42-24-9-12-28-47(42)44(48)30-31/h1-30H. The molecule has 0 N–H and O–H groups in total. The molecular weight excluding hydrogens is 672 g/mol. The molecule has 1 saturated heterocycles. The van der Waals surface area contributed by atoms with E-state index in [2.05, 4.69) is 201 Å². The number of benzene rings is 4. The van der Waals surface area contributed by atoms with Crippen LogP contribution < -0.4 is 20.7 Å². The molecule has 0 saturated carbocycles. The molecule has 4 nitrogen and oxygen atoms in total. The summed E-state index contributed by atoms with van der Waals surface area (Å²) in [5.41, 5.74) is 2.58. The Labute approximate surface area is 310 Å². The van der Waals surface area contributed by atoms with Crippen LogP contribution in [0.4, 0.5) is 0 Å². The highest BCUT2D eigenvalue weighted by molar-refractivity contribution is 8.01. The van der Waals surface area contributed by atoms with Crippen molar-refractivity contribution in [1.82, 2.24) is 18.9 Å². The molecular formula is C40H30B4N4S2Si. The molecule has 1 fully saturated rings. The van der Waals surface area contributed by atoms with Crippen molar-refractivity contribution in [1.29, 1.82) is 0 Å². The smallest absolute Gasteiger partial charge is 0.381 e. The maximum atomic E-state index is 2.52. The number of hydrogen-bond acceptors (Lipinski definition) is 6. The van der Waals surface area contributed by atoms with E-state index in [0.29, 0.717) is 0 Å². The third-order valence-corrected chi connectivity index (χ3v) is 19.2. The Morgan fingerprint density at radius 3 is 1.47 bits per heavy atom. The van der Waals surface area contributed by atoms with Gasteiger partial charge in [0.1, 0.15) is 0 Å². The third kappa shape index (κ3) is 4.29. The predicted octanol–water partition coefficient (Wildman–Crippen LogP) is 5.49. The molecule has 7 aliphatic heterocycles. The first kappa shape index (κ1) is 29.9. The molecule has 0 unspecified atom stereocenters. The molecule has 238 valence electrons. The molecule has 11 heteroatoms. The Morgan fingerprint density at radius 2 is 0.902 bits per heavy atom. The molecule has 0 atom stereocenters. The fourth-order valence-corrected chi connectivity index (χ4v) is 18.4. The van der Waals surface area contributed by atoms with Crippen molar-refractivity contribution >= 4 is 85.8 Å². The Morgan fingerprint density at radius 1 is 0.431 bits per heavy atom.